The van der Waals surface area contributed by atoms with Crippen LogP contribution in [0.2, 0.25) is 0 Å². The van der Waals surface area contributed by atoms with Gasteiger partial charge in [-0.05, 0) is 32.4 Å². The maximum absolute atomic E-state index is 11.0. The molecular weight excluding hydrogens is 202 g/mol. The second-order valence-electron chi connectivity index (χ2n) is 3.79. The minimum atomic E-state index is -0.778. The minimum absolute atomic E-state index is 0.461. The van der Waals surface area contributed by atoms with E-state index in [4.69, 9.17) is 5.11 Å². The molecular formula is C13H19NO2. The second-order valence-corrected chi connectivity index (χ2v) is 3.79. The summed E-state index contributed by atoms with van der Waals surface area (Å²) in [4.78, 5) is 13.2. The third kappa shape index (κ3) is 2.54. The van der Waals surface area contributed by atoms with Crippen LogP contribution in [0.4, 0.5) is 5.69 Å². The molecule has 1 aromatic rings. The Labute approximate surface area is 96.7 Å². The molecule has 3 nitrogen and oxygen atoms in total. The number of hydrogen-bond acceptors (Lipinski definition) is 2. The first-order chi connectivity index (χ1) is 7.61. The molecule has 1 atom stereocenters. The van der Waals surface area contributed by atoms with Gasteiger partial charge in [-0.25, -0.2) is 0 Å². The topological polar surface area (TPSA) is 40.5 Å². The number of hydrogen-bond donors (Lipinski definition) is 1. The quantitative estimate of drug-likeness (QED) is 0.831. The fraction of sp³-hybridized carbons (Fsp3) is 0.462. The normalized spacial score (nSPS) is 12.2. The number of carboxylic acid groups (broad SMARTS) is 1. The van der Waals surface area contributed by atoms with Gasteiger partial charge in [-0.2, -0.15) is 0 Å². The molecule has 1 rings (SSSR count). The van der Waals surface area contributed by atoms with Crippen molar-refractivity contribution < 1.29 is 9.90 Å². The highest BCUT2D eigenvalue weighted by atomic mass is 16.4. The van der Waals surface area contributed by atoms with Gasteiger partial charge in [0.2, 0.25) is 0 Å². The van der Waals surface area contributed by atoms with E-state index in [0.29, 0.717) is 0 Å². The number of carboxylic acids is 1. The Morgan fingerprint density at radius 2 is 1.88 bits per heavy atom. The highest BCUT2D eigenvalue weighted by Gasteiger charge is 2.18. The molecule has 0 aliphatic heterocycles. The van der Waals surface area contributed by atoms with E-state index in [9.17, 15) is 4.79 Å². The maximum atomic E-state index is 11.0. The van der Waals surface area contributed by atoms with E-state index in [1.807, 2.05) is 24.3 Å². The lowest BCUT2D eigenvalue weighted by Crippen LogP contribution is -2.24. The smallest absolute Gasteiger partial charge is 0.310 e. The first-order valence-corrected chi connectivity index (χ1v) is 5.68. The number of aliphatic carboxylic acids is 1. The lowest BCUT2D eigenvalue weighted by atomic mass is 9.98. The molecule has 0 aliphatic rings. The van der Waals surface area contributed by atoms with Crippen LogP contribution in [-0.4, -0.2) is 24.2 Å². The number of benzene rings is 1. The summed E-state index contributed by atoms with van der Waals surface area (Å²) in [6, 6.07) is 7.72. The van der Waals surface area contributed by atoms with Crippen LogP contribution in [0.1, 0.15) is 32.3 Å². The van der Waals surface area contributed by atoms with Gasteiger partial charge in [0.25, 0.3) is 0 Å². The van der Waals surface area contributed by atoms with Gasteiger partial charge in [0.15, 0.2) is 0 Å². The Morgan fingerprint density at radius 1 is 1.31 bits per heavy atom. The lowest BCUT2D eigenvalue weighted by molar-refractivity contribution is -0.138. The third-order valence-corrected chi connectivity index (χ3v) is 2.88. The molecule has 0 saturated carbocycles. The summed E-state index contributed by atoms with van der Waals surface area (Å²) in [5.74, 6) is -1.24. The summed E-state index contributed by atoms with van der Waals surface area (Å²) in [6.07, 6.45) is 0. The molecule has 0 radical (unpaired) electrons. The van der Waals surface area contributed by atoms with E-state index < -0.39 is 11.9 Å². The summed E-state index contributed by atoms with van der Waals surface area (Å²) in [5.41, 5.74) is 1.92. The van der Waals surface area contributed by atoms with Gasteiger partial charge < -0.3 is 10.0 Å². The van der Waals surface area contributed by atoms with Crippen molar-refractivity contribution in [2.75, 3.05) is 18.0 Å². The molecule has 0 aromatic heterocycles. The Hall–Kier alpha value is -1.51. The van der Waals surface area contributed by atoms with Crippen LogP contribution < -0.4 is 4.90 Å². The Kier molecular flexibility index (Phi) is 4.35. The number of carbonyl (C=O) groups is 1. The molecule has 3 heteroatoms. The molecule has 0 amide bonds. The van der Waals surface area contributed by atoms with E-state index in [2.05, 4.69) is 18.7 Å². The monoisotopic (exact) mass is 221 g/mol. The number of anilines is 1. The van der Waals surface area contributed by atoms with E-state index >= 15 is 0 Å². The summed E-state index contributed by atoms with van der Waals surface area (Å²) in [6.45, 7) is 7.65. The third-order valence-electron chi connectivity index (χ3n) is 2.88. The maximum Gasteiger partial charge on any atom is 0.310 e. The molecule has 1 aromatic carbocycles. The number of para-hydroxylation sites is 1. The molecule has 0 aliphatic carbocycles. The van der Waals surface area contributed by atoms with Gasteiger partial charge in [-0.1, -0.05) is 18.2 Å². The first-order valence-electron chi connectivity index (χ1n) is 5.68. The second kappa shape index (κ2) is 5.54. The van der Waals surface area contributed by atoms with Crippen molar-refractivity contribution in [3.63, 3.8) is 0 Å². The molecule has 0 spiro atoms. The van der Waals surface area contributed by atoms with Crippen molar-refractivity contribution in [3.05, 3.63) is 29.8 Å². The Bertz CT molecular complexity index is 359. The van der Waals surface area contributed by atoms with Crippen LogP contribution in [0.5, 0.6) is 0 Å². The molecule has 0 fully saturated rings. The molecule has 1 N–H and O–H groups in total. The standard InChI is InChI=1S/C13H19NO2/c1-4-14(5-2)12-9-7-6-8-11(12)10(3)13(15)16/h6-10H,4-5H2,1-3H3,(H,15,16). The van der Waals surface area contributed by atoms with Gasteiger partial charge in [0, 0.05) is 18.8 Å². The summed E-state index contributed by atoms with van der Waals surface area (Å²) in [5, 5.41) is 9.07. The van der Waals surface area contributed by atoms with E-state index in [1.165, 1.54) is 0 Å². The fourth-order valence-corrected chi connectivity index (χ4v) is 1.84. The first kappa shape index (κ1) is 12.6. The van der Waals surface area contributed by atoms with Crippen molar-refractivity contribution in [3.8, 4) is 0 Å². The van der Waals surface area contributed by atoms with Crippen LogP contribution >= 0.6 is 0 Å². The van der Waals surface area contributed by atoms with Gasteiger partial charge in [-0.15, -0.1) is 0 Å². The van der Waals surface area contributed by atoms with Crippen molar-refractivity contribution in [1.29, 1.82) is 0 Å². The van der Waals surface area contributed by atoms with Crippen molar-refractivity contribution in [2.24, 2.45) is 0 Å². The minimum Gasteiger partial charge on any atom is -0.481 e. The summed E-state index contributed by atoms with van der Waals surface area (Å²) < 4.78 is 0. The summed E-state index contributed by atoms with van der Waals surface area (Å²) in [7, 11) is 0. The lowest BCUT2D eigenvalue weighted by Gasteiger charge is -2.25. The van der Waals surface area contributed by atoms with Crippen LogP contribution in [-0.2, 0) is 4.79 Å². The predicted octanol–water partition coefficient (Wildman–Crippen LogP) is 2.72. The Morgan fingerprint density at radius 3 is 2.38 bits per heavy atom. The van der Waals surface area contributed by atoms with Gasteiger partial charge in [0.05, 0.1) is 5.92 Å². The zero-order valence-corrected chi connectivity index (χ0v) is 10.1. The van der Waals surface area contributed by atoms with Gasteiger partial charge in [-0.3, -0.25) is 4.79 Å². The van der Waals surface area contributed by atoms with Crippen LogP contribution in [0.3, 0.4) is 0 Å². The van der Waals surface area contributed by atoms with Gasteiger partial charge >= 0.3 is 5.97 Å². The average molecular weight is 221 g/mol. The van der Waals surface area contributed by atoms with Crippen molar-refractivity contribution in [1.82, 2.24) is 0 Å². The largest absolute Gasteiger partial charge is 0.481 e. The molecule has 0 heterocycles. The molecule has 0 saturated heterocycles. The highest BCUT2D eigenvalue weighted by molar-refractivity contribution is 5.78. The van der Waals surface area contributed by atoms with Crippen LogP contribution in [0.25, 0.3) is 0 Å². The molecule has 1 unspecified atom stereocenters. The van der Waals surface area contributed by atoms with Crippen molar-refractivity contribution >= 4 is 11.7 Å². The molecule has 16 heavy (non-hydrogen) atoms. The highest BCUT2D eigenvalue weighted by Crippen LogP contribution is 2.27. The molecule has 0 bridgehead atoms. The SMILES string of the molecule is CCN(CC)c1ccccc1C(C)C(=O)O. The van der Waals surface area contributed by atoms with E-state index in [0.717, 1.165) is 24.3 Å². The van der Waals surface area contributed by atoms with Gasteiger partial charge in [0.1, 0.15) is 0 Å². The fourth-order valence-electron chi connectivity index (χ4n) is 1.84. The van der Waals surface area contributed by atoms with Crippen LogP contribution in [0, 0.1) is 0 Å². The van der Waals surface area contributed by atoms with E-state index in [1.54, 1.807) is 6.92 Å². The molecule has 88 valence electrons. The predicted molar refractivity (Wildman–Crippen MR) is 66.1 cm³/mol. The number of rotatable bonds is 5. The van der Waals surface area contributed by atoms with Crippen molar-refractivity contribution in [2.45, 2.75) is 26.7 Å². The zero-order valence-electron chi connectivity index (χ0n) is 10.1. The number of nitrogens with zero attached hydrogens (tertiary/aromatic N) is 1. The summed E-state index contributed by atoms with van der Waals surface area (Å²) >= 11 is 0. The Balaban J connectivity index is 3.13. The zero-order chi connectivity index (χ0) is 12.1. The average Bonchev–Trinajstić information content (AvgIpc) is 2.30. The van der Waals surface area contributed by atoms with E-state index in [-0.39, 0.29) is 0 Å². The van der Waals surface area contributed by atoms with Crippen LogP contribution in [0.15, 0.2) is 24.3 Å².